The molecule has 0 bridgehead atoms. The second kappa shape index (κ2) is 8.89. The average molecular weight is 443 g/mol. The molecule has 1 N–H and O–H groups in total. The van der Waals surface area contributed by atoms with Crippen molar-refractivity contribution in [3.63, 3.8) is 0 Å². The Hall–Kier alpha value is -3.20. The number of anilines is 2. The summed E-state index contributed by atoms with van der Waals surface area (Å²) in [6.45, 7) is 1.08. The first-order valence-corrected chi connectivity index (χ1v) is 10.6. The summed E-state index contributed by atoms with van der Waals surface area (Å²) in [5.74, 6) is -2.36. The standard InChI is InChI=1S/C22H19F2N3O3S/c23-15-5-1-2-6-17(15)25-20(28)13-27-21(29)19(31-22(27)30)12-14-7-8-18(16(24)11-14)26-9-3-4-10-26/h1-2,5-8,11-12H,3-4,9-10,13H2,(H,25,28)/b19-12-. The van der Waals surface area contributed by atoms with E-state index in [1.54, 1.807) is 18.2 Å². The molecule has 2 aliphatic heterocycles. The minimum Gasteiger partial charge on any atom is -0.369 e. The number of amides is 3. The van der Waals surface area contributed by atoms with E-state index >= 15 is 0 Å². The Balaban J connectivity index is 1.45. The molecule has 6 nitrogen and oxygen atoms in total. The molecule has 0 aromatic heterocycles. The van der Waals surface area contributed by atoms with Gasteiger partial charge in [-0.2, -0.15) is 0 Å². The molecule has 2 aromatic carbocycles. The summed E-state index contributed by atoms with van der Waals surface area (Å²) in [5.41, 5.74) is 0.929. The van der Waals surface area contributed by atoms with Crippen LogP contribution in [0, 0.1) is 11.6 Å². The summed E-state index contributed by atoms with van der Waals surface area (Å²) >= 11 is 0.675. The van der Waals surface area contributed by atoms with Crippen LogP contribution in [0.2, 0.25) is 0 Å². The van der Waals surface area contributed by atoms with Crippen molar-refractivity contribution in [2.75, 3.05) is 29.9 Å². The van der Waals surface area contributed by atoms with Gasteiger partial charge in [0.1, 0.15) is 18.2 Å². The average Bonchev–Trinajstić information content (AvgIpc) is 3.35. The van der Waals surface area contributed by atoms with Gasteiger partial charge in [0.25, 0.3) is 11.1 Å². The van der Waals surface area contributed by atoms with Crippen LogP contribution in [0.15, 0.2) is 47.4 Å². The molecule has 2 aromatic rings. The van der Waals surface area contributed by atoms with Crippen LogP contribution in [0.5, 0.6) is 0 Å². The Kier molecular flexibility index (Phi) is 6.03. The maximum Gasteiger partial charge on any atom is 0.294 e. The number of hydrogen-bond acceptors (Lipinski definition) is 5. The molecule has 0 spiro atoms. The number of para-hydroxylation sites is 1. The fraction of sp³-hybridized carbons (Fsp3) is 0.227. The van der Waals surface area contributed by atoms with E-state index in [1.807, 2.05) is 4.90 Å². The smallest absolute Gasteiger partial charge is 0.294 e. The molecule has 0 atom stereocenters. The van der Waals surface area contributed by atoms with E-state index in [0.717, 1.165) is 30.8 Å². The first-order chi connectivity index (χ1) is 14.9. The van der Waals surface area contributed by atoms with E-state index in [4.69, 9.17) is 0 Å². The van der Waals surface area contributed by atoms with E-state index in [1.165, 1.54) is 30.3 Å². The number of benzene rings is 2. The highest BCUT2D eigenvalue weighted by molar-refractivity contribution is 8.18. The zero-order valence-corrected chi connectivity index (χ0v) is 17.3. The van der Waals surface area contributed by atoms with Crippen LogP contribution in [0.25, 0.3) is 6.08 Å². The molecule has 31 heavy (non-hydrogen) atoms. The fourth-order valence-corrected chi connectivity index (χ4v) is 4.35. The third-order valence-electron chi connectivity index (χ3n) is 5.04. The number of nitrogens with one attached hydrogen (secondary N) is 1. The lowest BCUT2D eigenvalue weighted by atomic mass is 10.1. The SMILES string of the molecule is O=C(CN1C(=O)S/C(=C\c2ccc(N3CCCC3)c(F)c2)C1=O)Nc1ccccc1F. The molecule has 0 aliphatic carbocycles. The number of halogens is 2. The van der Waals surface area contributed by atoms with Gasteiger partial charge >= 0.3 is 0 Å². The minimum atomic E-state index is -0.699. The Morgan fingerprint density at radius 1 is 1.06 bits per heavy atom. The van der Waals surface area contributed by atoms with E-state index in [2.05, 4.69) is 5.32 Å². The minimum absolute atomic E-state index is 0.0384. The van der Waals surface area contributed by atoms with Crippen molar-refractivity contribution in [3.8, 4) is 0 Å². The van der Waals surface area contributed by atoms with Crippen molar-refractivity contribution in [3.05, 3.63) is 64.6 Å². The van der Waals surface area contributed by atoms with Crippen LogP contribution in [-0.2, 0) is 9.59 Å². The summed E-state index contributed by atoms with van der Waals surface area (Å²) < 4.78 is 28.2. The molecule has 0 unspecified atom stereocenters. The number of carbonyl (C=O) groups is 3. The maximum absolute atomic E-state index is 14.5. The molecule has 2 fully saturated rings. The lowest BCUT2D eigenvalue weighted by molar-refractivity contribution is -0.127. The fourth-order valence-electron chi connectivity index (χ4n) is 3.51. The predicted octanol–water partition coefficient (Wildman–Crippen LogP) is 4.24. The lowest BCUT2D eigenvalue weighted by Crippen LogP contribution is -2.36. The lowest BCUT2D eigenvalue weighted by Gasteiger charge is -2.18. The third-order valence-corrected chi connectivity index (χ3v) is 5.95. The van der Waals surface area contributed by atoms with Gasteiger partial charge in [0, 0.05) is 13.1 Å². The van der Waals surface area contributed by atoms with Crippen LogP contribution >= 0.6 is 11.8 Å². The molecule has 0 saturated carbocycles. The first-order valence-electron chi connectivity index (χ1n) is 9.76. The zero-order chi connectivity index (χ0) is 22.0. The third kappa shape index (κ3) is 4.61. The van der Waals surface area contributed by atoms with Crippen molar-refractivity contribution < 1.29 is 23.2 Å². The van der Waals surface area contributed by atoms with Crippen LogP contribution in [0.4, 0.5) is 25.0 Å². The Morgan fingerprint density at radius 3 is 2.52 bits per heavy atom. The zero-order valence-electron chi connectivity index (χ0n) is 16.4. The van der Waals surface area contributed by atoms with Crippen LogP contribution in [-0.4, -0.2) is 41.6 Å². The molecule has 2 heterocycles. The quantitative estimate of drug-likeness (QED) is 0.700. The number of hydrogen-bond donors (Lipinski definition) is 1. The maximum atomic E-state index is 14.5. The van der Waals surface area contributed by atoms with Crippen molar-refractivity contribution in [1.82, 2.24) is 4.90 Å². The van der Waals surface area contributed by atoms with Gasteiger partial charge < -0.3 is 10.2 Å². The number of imide groups is 1. The molecule has 2 saturated heterocycles. The van der Waals surface area contributed by atoms with Crippen molar-refractivity contribution >= 4 is 46.3 Å². The second-order valence-corrected chi connectivity index (χ2v) is 8.19. The van der Waals surface area contributed by atoms with Gasteiger partial charge in [0.05, 0.1) is 16.3 Å². The predicted molar refractivity (Wildman–Crippen MR) is 116 cm³/mol. The van der Waals surface area contributed by atoms with E-state index in [9.17, 15) is 23.2 Å². The Labute approximate surface area is 181 Å². The van der Waals surface area contributed by atoms with E-state index < -0.39 is 29.4 Å². The van der Waals surface area contributed by atoms with Crippen LogP contribution < -0.4 is 10.2 Å². The summed E-state index contributed by atoms with van der Waals surface area (Å²) in [5, 5.41) is 1.72. The Morgan fingerprint density at radius 2 is 1.81 bits per heavy atom. The van der Waals surface area contributed by atoms with Crippen molar-refractivity contribution in [2.45, 2.75) is 12.8 Å². The molecule has 4 rings (SSSR count). The molecular weight excluding hydrogens is 424 g/mol. The number of carbonyl (C=O) groups excluding carboxylic acids is 3. The second-order valence-electron chi connectivity index (χ2n) is 7.20. The van der Waals surface area contributed by atoms with Crippen LogP contribution in [0.3, 0.4) is 0 Å². The van der Waals surface area contributed by atoms with Crippen molar-refractivity contribution in [2.24, 2.45) is 0 Å². The number of thioether (sulfide) groups is 1. The summed E-state index contributed by atoms with van der Waals surface area (Å²) in [6, 6.07) is 10.3. The molecular formula is C22H19F2N3O3S. The largest absolute Gasteiger partial charge is 0.369 e. The van der Waals surface area contributed by atoms with Gasteiger partial charge in [0.2, 0.25) is 5.91 Å². The van der Waals surface area contributed by atoms with Gasteiger partial charge in [-0.1, -0.05) is 18.2 Å². The Bertz CT molecular complexity index is 1080. The molecule has 160 valence electrons. The van der Waals surface area contributed by atoms with Gasteiger partial charge in [-0.05, 0) is 60.5 Å². The summed E-state index contributed by atoms with van der Waals surface area (Å²) in [4.78, 5) is 39.8. The summed E-state index contributed by atoms with van der Waals surface area (Å²) in [7, 11) is 0. The molecule has 0 radical (unpaired) electrons. The van der Waals surface area contributed by atoms with Crippen molar-refractivity contribution in [1.29, 1.82) is 0 Å². The number of rotatable bonds is 5. The summed E-state index contributed by atoms with van der Waals surface area (Å²) in [6.07, 6.45) is 3.48. The van der Waals surface area contributed by atoms with E-state index in [-0.39, 0.29) is 16.4 Å². The molecule has 9 heteroatoms. The highest BCUT2D eigenvalue weighted by Crippen LogP contribution is 2.33. The molecule has 3 amide bonds. The normalized spacial score (nSPS) is 17.7. The van der Waals surface area contributed by atoms with Gasteiger partial charge in [0.15, 0.2) is 0 Å². The monoisotopic (exact) mass is 443 g/mol. The topological polar surface area (TPSA) is 69.7 Å². The van der Waals surface area contributed by atoms with Gasteiger partial charge in [-0.25, -0.2) is 8.78 Å². The highest BCUT2D eigenvalue weighted by atomic mass is 32.2. The van der Waals surface area contributed by atoms with Crippen LogP contribution in [0.1, 0.15) is 18.4 Å². The molecule has 2 aliphatic rings. The number of nitrogens with zero attached hydrogens (tertiary/aromatic N) is 2. The van der Waals surface area contributed by atoms with Gasteiger partial charge in [-0.3, -0.25) is 19.3 Å². The highest BCUT2D eigenvalue weighted by Gasteiger charge is 2.36. The first kappa shape index (κ1) is 21.0. The van der Waals surface area contributed by atoms with E-state index in [0.29, 0.717) is 23.0 Å². The van der Waals surface area contributed by atoms with Gasteiger partial charge in [-0.15, -0.1) is 0 Å².